The molecule has 0 aromatic carbocycles. The molecule has 0 radical (unpaired) electrons. The van der Waals surface area contributed by atoms with Crippen LogP contribution >= 0.6 is 0 Å². The number of methoxy groups -OCH3 is 1. The Hall–Kier alpha value is -9.02. The van der Waals surface area contributed by atoms with Crippen molar-refractivity contribution in [3.05, 3.63) is 35.7 Å². The topological polar surface area (TPSA) is 599 Å². The molecule has 3 aromatic rings. The van der Waals surface area contributed by atoms with Crippen LogP contribution in [0.15, 0.2) is 18.6 Å². The third-order valence-corrected chi connectivity index (χ3v) is 26.3. The molecule has 12 fully saturated rings. The van der Waals surface area contributed by atoms with Crippen LogP contribution in [0.4, 0.5) is 26.3 Å². The summed E-state index contributed by atoms with van der Waals surface area (Å²) >= 11 is 0. The number of aliphatic hydroxyl groups excluding tert-OH is 12. The fourth-order valence-electron chi connectivity index (χ4n) is 19.6. The molecule has 12 N–H and O–H groups in total. The molecule has 15 heterocycles. The van der Waals surface area contributed by atoms with Crippen LogP contribution in [0.3, 0.4) is 0 Å². The maximum Gasteiger partial charge on any atom is 0.328 e. The van der Waals surface area contributed by atoms with E-state index in [1.165, 1.54) is 28.0 Å². The molecule has 12 saturated heterocycles. The number of aliphatic hydroxyl groups is 12. The van der Waals surface area contributed by atoms with Crippen molar-refractivity contribution in [1.29, 1.82) is 0 Å². The number of rotatable bonds is 24. The van der Waals surface area contributed by atoms with Gasteiger partial charge in [0.05, 0.1) is 123 Å². The number of carbonyl (C=O) groups is 10. The van der Waals surface area contributed by atoms with Crippen molar-refractivity contribution in [2.75, 3.05) is 85.8 Å². The van der Waals surface area contributed by atoms with Gasteiger partial charge in [0, 0.05) is 84.3 Å². The van der Waals surface area contributed by atoms with Crippen molar-refractivity contribution in [2.45, 2.75) is 286 Å². The molecule has 0 saturated carbocycles. The van der Waals surface area contributed by atoms with E-state index in [0.717, 1.165) is 62.8 Å². The fraction of sp³-hybridized carbons (Fsp3) is 0.787. The van der Waals surface area contributed by atoms with Gasteiger partial charge in [-0.1, -0.05) is 15.6 Å². The van der Waals surface area contributed by atoms with E-state index >= 15 is 55.1 Å². The molecular weight excluding hydrogens is 1730 g/mol. The standard InChI is InChI=1S/C75H102F6N18O29/c1-30(103)88-12-31(76)3-43(88)64(113)94-21-40(97-18-37(82-85-97)27-123-73-61(110)58(107)55(104)52(24-100)126-73)9-48(94)69(118)91-15-32(77)4-44(91)65(114)89-13-34(79)6-46(89)67(116)95-22-41(98-19-38(83-86-98)28-124-74-62(111)59(108)56(105)53(25-101)127-74)10-49(95)70(119)92-16-33(78)5-45(92)66(115)90-14-35(80)7-47(90)68(117)96-23-42(11-50(96)71(120)93-17-36(81)8-51(93)72(121)122-2)99-20-39(84-87-99)29-125-75-63(112)60(109)57(106)54(26-102)128-75/h18-20,31-36,40-63,73-75,100-102,104-112H,3-17,21-29H2,1-2H3/t31-,32-,33-,34-,35-,36-,40?,41?,42?,43-,44-,45-,46-,47-,48-,49-,50-,51-,52+,53+,54+,55-,56-,57-,58-,59-,60-,61+,62+,63+,73+,74+,75+/m0/s1. The summed E-state index contributed by atoms with van der Waals surface area (Å²) in [6, 6.07) is -18.9. The SMILES string of the molecule is COC(=O)[C@@H]1C[C@H](F)CN1C(=O)[C@@H]1CC(n2cc(CO[C@@H]3O[C@H](CO)[C@H](O)[C@H](O)[C@H]3O)nn2)CN1C(=O)[C@@H]1C[C@H](F)CN1C(=O)[C@@H]1C[C@H](F)CN1C(=O)[C@@H]1CC(n2cc(CO[C@@H]3O[C@H](CO)[C@H](O)[C@H](O)[C@H]3O)nn2)CN1C(=O)[C@@H]1C[C@H](F)CN1C(=O)[C@@H]1C[C@H](F)CN1C(=O)[C@@H]1CC(n2cc(CO[C@@H]3O[C@H](CO)[C@H](O)[C@H](O)[C@H]3O)nn2)CN1C(=O)[C@@H]1C[C@H](F)CN1C(C)=O. The van der Waals surface area contributed by atoms with E-state index in [4.69, 9.17) is 33.2 Å². The Morgan fingerprint density at radius 2 is 0.547 bits per heavy atom. The minimum absolute atomic E-state index is 0.0187. The summed E-state index contributed by atoms with van der Waals surface area (Å²) in [6.07, 6.45) is -38.2. The smallest absolute Gasteiger partial charge is 0.328 e. The number of halogens is 6. The molecule has 708 valence electrons. The number of alkyl halides is 6. The Morgan fingerprint density at radius 3 is 0.789 bits per heavy atom. The summed E-state index contributed by atoms with van der Waals surface area (Å²) in [6.45, 7) is -8.92. The Labute approximate surface area is 722 Å². The molecule has 3 aromatic heterocycles. The van der Waals surface area contributed by atoms with Crippen LogP contribution in [-0.4, -0.2) is 479 Å². The average Bonchev–Trinajstić information content (AvgIpc) is 1.61. The first-order chi connectivity index (χ1) is 61.0. The first kappa shape index (κ1) is 93.7. The minimum atomic E-state index is -2.06. The fourth-order valence-corrected chi connectivity index (χ4v) is 19.6. The molecule has 128 heavy (non-hydrogen) atoms. The quantitative estimate of drug-likeness (QED) is 0.0293. The lowest BCUT2D eigenvalue weighted by Gasteiger charge is -2.39. The van der Waals surface area contributed by atoms with E-state index in [2.05, 4.69) is 30.9 Å². The maximum absolute atomic E-state index is 16.6. The van der Waals surface area contributed by atoms with Crippen molar-refractivity contribution < 1.29 is 169 Å². The van der Waals surface area contributed by atoms with E-state index in [1.807, 2.05) is 0 Å². The highest BCUT2D eigenvalue weighted by molar-refractivity contribution is 6.00. The predicted molar refractivity (Wildman–Crippen MR) is 401 cm³/mol. The molecule has 47 nitrogen and oxygen atoms in total. The first-order valence-electron chi connectivity index (χ1n) is 42.1. The predicted octanol–water partition coefficient (Wildman–Crippen LogP) is -9.94. The van der Waals surface area contributed by atoms with Gasteiger partial charge in [-0.2, -0.15) is 0 Å². The number of carbonyl (C=O) groups excluding carboxylic acids is 10. The van der Waals surface area contributed by atoms with Crippen molar-refractivity contribution in [3.63, 3.8) is 0 Å². The van der Waals surface area contributed by atoms with E-state index < -0.39 is 404 Å². The molecule has 0 bridgehead atoms. The summed E-state index contributed by atoms with van der Waals surface area (Å²) in [5.74, 6) is -10.5. The lowest BCUT2D eigenvalue weighted by molar-refractivity contribution is -0.304. The van der Waals surface area contributed by atoms with Gasteiger partial charge >= 0.3 is 5.97 Å². The Morgan fingerprint density at radius 1 is 0.328 bits per heavy atom. The van der Waals surface area contributed by atoms with E-state index in [9.17, 15) is 80.5 Å². The molecule has 33 atom stereocenters. The molecule has 12 aliphatic heterocycles. The number of ether oxygens (including phenoxy) is 7. The van der Waals surface area contributed by atoms with Gasteiger partial charge in [-0.15, -0.1) is 15.3 Å². The number of hydrogen-bond acceptors (Lipinski definition) is 35. The number of nitrogens with zero attached hydrogens (tertiary/aromatic N) is 18. The van der Waals surface area contributed by atoms with Gasteiger partial charge < -0.3 is 139 Å². The van der Waals surface area contributed by atoms with Crippen LogP contribution in [0.25, 0.3) is 0 Å². The van der Waals surface area contributed by atoms with Crippen molar-refractivity contribution >= 4 is 59.1 Å². The number of hydrogen-bond donors (Lipinski definition) is 12. The van der Waals surface area contributed by atoms with Gasteiger partial charge in [-0.25, -0.2) is 45.2 Å². The molecule has 12 aliphatic rings. The Bertz CT molecular complexity index is 4550. The van der Waals surface area contributed by atoms with E-state index in [0.29, 0.717) is 0 Å². The highest BCUT2D eigenvalue weighted by Crippen LogP contribution is 2.42. The van der Waals surface area contributed by atoms with Crippen molar-refractivity contribution in [3.8, 4) is 0 Å². The Kier molecular flexibility index (Phi) is 28.1. The van der Waals surface area contributed by atoms with Gasteiger partial charge in [0.2, 0.25) is 53.2 Å². The summed E-state index contributed by atoms with van der Waals surface area (Å²) in [5.41, 5.74) is -0.000495. The summed E-state index contributed by atoms with van der Waals surface area (Å²) < 4.78 is 138. The van der Waals surface area contributed by atoms with Crippen LogP contribution in [0.1, 0.15) is 99.9 Å². The zero-order valence-electron chi connectivity index (χ0n) is 68.9. The first-order valence-corrected chi connectivity index (χ1v) is 42.1. The zero-order valence-corrected chi connectivity index (χ0v) is 68.9. The summed E-state index contributed by atoms with van der Waals surface area (Å²) in [7, 11) is 1.00. The molecular formula is C75H102F6N18O29. The van der Waals surface area contributed by atoms with Crippen LogP contribution in [0, 0.1) is 0 Å². The highest BCUT2D eigenvalue weighted by atomic mass is 19.2. The largest absolute Gasteiger partial charge is 0.467 e. The van der Waals surface area contributed by atoms with Crippen molar-refractivity contribution in [2.24, 2.45) is 0 Å². The number of amides is 9. The molecule has 0 aliphatic carbocycles. The molecule has 15 rings (SSSR count). The highest BCUT2D eigenvalue weighted by Gasteiger charge is 2.60. The second-order valence-corrected chi connectivity index (χ2v) is 34.5. The van der Waals surface area contributed by atoms with Gasteiger partial charge in [-0.05, 0) is 0 Å². The monoisotopic (exact) mass is 1830 g/mol. The average molecular weight is 1830 g/mol. The second kappa shape index (κ2) is 38.4. The molecule has 53 heteroatoms. The molecule has 9 amide bonds. The molecule has 3 unspecified atom stereocenters. The summed E-state index contributed by atoms with van der Waals surface area (Å²) in [5, 5.41) is 148. The second-order valence-electron chi connectivity index (χ2n) is 34.5. The van der Waals surface area contributed by atoms with Gasteiger partial charge in [0.15, 0.2) is 18.9 Å². The normalized spacial score (nSPS) is 38.7. The third-order valence-electron chi connectivity index (χ3n) is 26.3. The lowest BCUT2D eigenvalue weighted by atomic mass is 9.99. The van der Waals surface area contributed by atoms with E-state index in [1.54, 1.807) is 0 Å². The van der Waals surface area contributed by atoms with Crippen LogP contribution in [-0.2, 0) is 101 Å². The third kappa shape index (κ3) is 18.3. The lowest BCUT2D eigenvalue weighted by Crippen LogP contribution is -2.59. The van der Waals surface area contributed by atoms with Crippen LogP contribution in [0.5, 0.6) is 0 Å². The van der Waals surface area contributed by atoms with Crippen LogP contribution < -0.4 is 0 Å². The number of likely N-dealkylation sites (tertiary alicyclic amines) is 9. The van der Waals surface area contributed by atoms with Crippen LogP contribution in [0.2, 0.25) is 0 Å². The van der Waals surface area contributed by atoms with Gasteiger partial charge in [0.25, 0.3) is 0 Å². The van der Waals surface area contributed by atoms with Gasteiger partial charge in [-0.3, -0.25) is 43.2 Å². The molecule has 0 spiro atoms. The van der Waals surface area contributed by atoms with E-state index in [-0.39, 0.29) is 29.9 Å². The Balaban J connectivity index is 0.690. The van der Waals surface area contributed by atoms with Crippen molar-refractivity contribution in [1.82, 2.24) is 89.1 Å². The summed E-state index contributed by atoms with van der Waals surface area (Å²) in [4.78, 5) is 157. The number of esters is 1. The zero-order chi connectivity index (χ0) is 91.8. The van der Waals surface area contributed by atoms with Gasteiger partial charge in [0.1, 0.15) is 182 Å². The maximum atomic E-state index is 16.6. The number of aromatic nitrogens is 9. The minimum Gasteiger partial charge on any atom is -0.467 e.